The van der Waals surface area contributed by atoms with Crippen LogP contribution in [-0.2, 0) is 17.7 Å². The number of amides is 1. The van der Waals surface area contributed by atoms with E-state index < -0.39 is 0 Å². The lowest BCUT2D eigenvalue weighted by Gasteiger charge is -2.26. The van der Waals surface area contributed by atoms with Crippen LogP contribution in [0.2, 0.25) is 0 Å². The van der Waals surface area contributed by atoms with Gasteiger partial charge in [0, 0.05) is 16.1 Å². The minimum Gasteiger partial charge on any atom is -0.497 e. The highest BCUT2D eigenvalue weighted by molar-refractivity contribution is 7.19. The van der Waals surface area contributed by atoms with Gasteiger partial charge in [-0.15, -0.1) is 11.3 Å². The largest absolute Gasteiger partial charge is 0.497 e. The van der Waals surface area contributed by atoms with Crippen LogP contribution in [0.15, 0.2) is 18.2 Å². The van der Waals surface area contributed by atoms with Crippen molar-refractivity contribution in [1.82, 2.24) is 4.90 Å². The van der Waals surface area contributed by atoms with Gasteiger partial charge in [-0.3, -0.25) is 0 Å². The maximum atomic E-state index is 11.8. The Morgan fingerprint density at radius 3 is 3.05 bits per heavy atom. The van der Waals surface area contributed by atoms with E-state index in [4.69, 9.17) is 9.47 Å². The lowest BCUT2D eigenvalue weighted by Crippen LogP contribution is -2.35. The van der Waals surface area contributed by atoms with E-state index >= 15 is 0 Å². The lowest BCUT2D eigenvalue weighted by atomic mass is 10.0. The Morgan fingerprint density at radius 1 is 1.45 bits per heavy atom. The summed E-state index contributed by atoms with van der Waals surface area (Å²) >= 11 is 1.75. The summed E-state index contributed by atoms with van der Waals surface area (Å²) in [6.07, 6.45) is 0.662. The van der Waals surface area contributed by atoms with Crippen molar-refractivity contribution in [2.75, 3.05) is 20.3 Å². The molecular weight excluding hydrogens is 274 g/mol. The van der Waals surface area contributed by atoms with Gasteiger partial charge in [0.05, 0.1) is 20.3 Å². The van der Waals surface area contributed by atoms with Crippen LogP contribution in [0.25, 0.3) is 10.1 Å². The molecule has 1 aromatic carbocycles. The molecular formula is C15H17NO3S. The molecule has 0 radical (unpaired) electrons. The number of ether oxygens (including phenoxy) is 2. The smallest absolute Gasteiger partial charge is 0.410 e. The van der Waals surface area contributed by atoms with Crippen molar-refractivity contribution in [2.24, 2.45) is 0 Å². The Kier molecular flexibility index (Phi) is 3.53. The zero-order valence-electron chi connectivity index (χ0n) is 11.6. The van der Waals surface area contributed by atoms with Gasteiger partial charge in [-0.1, -0.05) is 0 Å². The summed E-state index contributed by atoms with van der Waals surface area (Å²) < 4.78 is 11.6. The third-order valence-electron chi connectivity index (χ3n) is 3.57. The van der Waals surface area contributed by atoms with Crippen molar-refractivity contribution in [3.8, 4) is 5.75 Å². The molecule has 0 fully saturated rings. The summed E-state index contributed by atoms with van der Waals surface area (Å²) in [5.41, 5.74) is 1.35. The fourth-order valence-corrected chi connectivity index (χ4v) is 3.83. The molecule has 0 atom stereocenters. The zero-order valence-corrected chi connectivity index (χ0v) is 12.5. The van der Waals surface area contributed by atoms with Crippen LogP contribution in [-0.4, -0.2) is 31.3 Å². The van der Waals surface area contributed by atoms with E-state index in [9.17, 15) is 4.79 Å². The van der Waals surface area contributed by atoms with Gasteiger partial charge in [0.2, 0.25) is 0 Å². The number of fused-ring (bicyclic) bond motifs is 3. The monoisotopic (exact) mass is 291 g/mol. The topological polar surface area (TPSA) is 38.8 Å². The first-order valence-electron chi connectivity index (χ1n) is 6.73. The molecule has 0 N–H and O–H groups in total. The van der Waals surface area contributed by atoms with E-state index in [1.807, 2.05) is 13.0 Å². The van der Waals surface area contributed by atoms with Gasteiger partial charge in [-0.05, 0) is 42.5 Å². The molecule has 0 spiro atoms. The van der Waals surface area contributed by atoms with E-state index in [0.29, 0.717) is 13.2 Å². The van der Waals surface area contributed by atoms with Gasteiger partial charge in [-0.25, -0.2) is 4.79 Å². The van der Waals surface area contributed by atoms with E-state index in [0.717, 1.165) is 18.7 Å². The SMILES string of the molecule is CCOC(=O)N1CCc2c(sc3ccc(OC)cc23)C1. The van der Waals surface area contributed by atoms with Crippen molar-refractivity contribution < 1.29 is 14.3 Å². The number of hydrogen-bond donors (Lipinski definition) is 0. The first-order valence-corrected chi connectivity index (χ1v) is 7.54. The second-order valence-corrected chi connectivity index (χ2v) is 5.87. The number of thiophene rings is 1. The molecule has 0 bridgehead atoms. The van der Waals surface area contributed by atoms with Crippen LogP contribution in [0, 0.1) is 0 Å². The minimum atomic E-state index is -0.215. The number of benzene rings is 1. The molecule has 1 aliphatic heterocycles. The molecule has 2 aromatic rings. The molecule has 1 aromatic heterocycles. The molecule has 106 valence electrons. The fourth-order valence-electron chi connectivity index (χ4n) is 2.58. The normalized spacial score (nSPS) is 14.2. The van der Waals surface area contributed by atoms with Gasteiger partial charge in [0.1, 0.15) is 5.75 Å². The number of nitrogens with zero attached hydrogens (tertiary/aromatic N) is 1. The third kappa shape index (κ3) is 2.22. The summed E-state index contributed by atoms with van der Waals surface area (Å²) in [5.74, 6) is 0.880. The second kappa shape index (κ2) is 5.32. The Balaban J connectivity index is 1.93. The highest BCUT2D eigenvalue weighted by Gasteiger charge is 2.24. The van der Waals surface area contributed by atoms with Crippen LogP contribution >= 0.6 is 11.3 Å². The second-order valence-electron chi connectivity index (χ2n) is 4.74. The standard InChI is InChI=1S/C15H17NO3S/c1-3-19-15(17)16-7-6-11-12-8-10(18-2)4-5-13(12)20-14(11)9-16/h4-5,8H,3,6-7,9H2,1-2H3. The average molecular weight is 291 g/mol. The van der Waals surface area contributed by atoms with Crippen LogP contribution in [0.3, 0.4) is 0 Å². The Labute approximate surface area is 121 Å². The molecule has 1 aliphatic rings. The molecule has 20 heavy (non-hydrogen) atoms. The van der Waals surface area contributed by atoms with Crippen LogP contribution in [0.5, 0.6) is 5.75 Å². The molecule has 3 rings (SSSR count). The van der Waals surface area contributed by atoms with Crippen LogP contribution in [0.4, 0.5) is 4.79 Å². The fraction of sp³-hybridized carbons (Fsp3) is 0.400. The van der Waals surface area contributed by atoms with E-state index in [1.165, 1.54) is 20.5 Å². The van der Waals surface area contributed by atoms with Gasteiger partial charge in [0.15, 0.2) is 0 Å². The van der Waals surface area contributed by atoms with E-state index in [-0.39, 0.29) is 6.09 Å². The van der Waals surface area contributed by atoms with Gasteiger partial charge >= 0.3 is 6.09 Å². The highest BCUT2D eigenvalue weighted by atomic mass is 32.1. The molecule has 0 aliphatic carbocycles. The molecule has 0 saturated carbocycles. The number of hydrogen-bond acceptors (Lipinski definition) is 4. The molecule has 1 amide bonds. The maximum Gasteiger partial charge on any atom is 0.410 e. The average Bonchev–Trinajstić information content (AvgIpc) is 2.84. The summed E-state index contributed by atoms with van der Waals surface area (Å²) in [5, 5.41) is 1.26. The van der Waals surface area contributed by atoms with Gasteiger partial charge in [-0.2, -0.15) is 0 Å². The Hall–Kier alpha value is -1.75. The molecule has 0 saturated heterocycles. The van der Waals surface area contributed by atoms with Crippen molar-refractivity contribution in [3.05, 3.63) is 28.6 Å². The predicted octanol–water partition coefficient (Wildman–Crippen LogP) is 3.42. The number of methoxy groups -OCH3 is 1. The maximum absolute atomic E-state index is 11.8. The first-order chi connectivity index (χ1) is 9.72. The van der Waals surface area contributed by atoms with Gasteiger partial charge < -0.3 is 14.4 Å². The Morgan fingerprint density at radius 2 is 2.30 bits per heavy atom. The minimum absolute atomic E-state index is 0.215. The molecule has 0 unspecified atom stereocenters. The summed E-state index contributed by atoms with van der Waals surface area (Å²) in [4.78, 5) is 14.8. The van der Waals surface area contributed by atoms with Gasteiger partial charge in [0.25, 0.3) is 0 Å². The highest BCUT2D eigenvalue weighted by Crippen LogP contribution is 2.37. The van der Waals surface area contributed by atoms with Crippen molar-refractivity contribution in [1.29, 1.82) is 0 Å². The predicted molar refractivity (Wildman–Crippen MR) is 79.5 cm³/mol. The van der Waals surface area contributed by atoms with Crippen molar-refractivity contribution in [2.45, 2.75) is 19.9 Å². The summed E-state index contributed by atoms with van der Waals surface area (Å²) in [6.45, 7) is 3.62. The van der Waals surface area contributed by atoms with Crippen molar-refractivity contribution >= 4 is 27.5 Å². The van der Waals surface area contributed by atoms with E-state index in [1.54, 1.807) is 23.3 Å². The quantitative estimate of drug-likeness (QED) is 0.851. The lowest BCUT2D eigenvalue weighted by molar-refractivity contribution is 0.103. The molecule has 4 nitrogen and oxygen atoms in total. The third-order valence-corrected chi connectivity index (χ3v) is 4.77. The summed E-state index contributed by atoms with van der Waals surface area (Å²) in [6, 6.07) is 6.16. The van der Waals surface area contributed by atoms with Crippen LogP contribution in [0.1, 0.15) is 17.4 Å². The number of carbonyl (C=O) groups excluding carboxylic acids is 1. The molecule has 2 heterocycles. The summed E-state index contributed by atoms with van der Waals surface area (Å²) in [7, 11) is 1.68. The number of rotatable bonds is 2. The van der Waals surface area contributed by atoms with Crippen LogP contribution < -0.4 is 4.74 Å². The molecule has 5 heteroatoms. The first kappa shape index (κ1) is 13.2. The zero-order chi connectivity index (χ0) is 14.1. The van der Waals surface area contributed by atoms with Crippen molar-refractivity contribution in [3.63, 3.8) is 0 Å². The van der Waals surface area contributed by atoms with E-state index in [2.05, 4.69) is 12.1 Å². The Bertz CT molecular complexity index is 650. The number of carbonyl (C=O) groups is 1.